The SMILES string of the molecule is COC(=O)C[C@@H](C(=O)Nc1ccccc1Cl)N1CCN(c2ccc(OC)cc2)CC1. The molecule has 3 rings (SSSR count). The van der Waals surface area contributed by atoms with Crippen LogP contribution in [0.5, 0.6) is 5.75 Å². The average molecular weight is 432 g/mol. The summed E-state index contributed by atoms with van der Waals surface area (Å²) in [6.07, 6.45) is -0.0185. The van der Waals surface area contributed by atoms with E-state index in [1.807, 2.05) is 29.2 Å². The van der Waals surface area contributed by atoms with Crippen molar-refractivity contribution in [1.82, 2.24) is 4.90 Å². The first kappa shape index (κ1) is 21.9. The molecule has 7 nitrogen and oxygen atoms in total. The Morgan fingerprint density at radius 2 is 1.70 bits per heavy atom. The van der Waals surface area contributed by atoms with Gasteiger partial charge in [-0.3, -0.25) is 14.5 Å². The van der Waals surface area contributed by atoms with Crippen molar-refractivity contribution in [3.8, 4) is 5.75 Å². The zero-order chi connectivity index (χ0) is 21.5. The second kappa shape index (κ2) is 10.3. The fourth-order valence-electron chi connectivity index (χ4n) is 3.49. The smallest absolute Gasteiger partial charge is 0.307 e. The second-order valence-corrected chi connectivity index (χ2v) is 7.39. The summed E-state index contributed by atoms with van der Waals surface area (Å²) in [4.78, 5) is 29.2. The molecule has 1 amide bonds. The van der Waals surface area contributed by atoms with E-state index in [0.717, 1.165) is 24.5 Å². The number of nitrogens with one attached hydrogen (secondary N) is 1. The van der Waals surface area contributed by atoms with Crippen molar-refractivity contribution in [3.05, 3.63) is 53.6 Å². The van der Waals surface area contributed by atoms with Crippen LogP contribution in [-0.4, -0.2) is 63.2 Å². The van der Waals surface area contributed by atoms with Crippen LogP contribution in [0.2, 0.25) is 5.02 Å². The maximum absolute atomic E-state index is 13.0. The van der Waals surface area contributed by atoms with Crippen molar-refractivity contribution in [2.75, 3.05) is 50.6 Å². The molecule has 1 aliphatic heterocycles. The van der Waals surface area contributed by atoms with Gasteiger partial charge in [-0.2, -0.15) is 0 Å². The van der Waals surface area contributed by atoms with Gasteiger partial charge in [-0.25, -0.2) is 0 Å². The number of hydrogen-bond donors (Lipinski definition) is 1. The molecule has 0 radical (unpaired) electrons. The molecule has 0 saturated carbocycles. The van der Waals surface area contributed by atoms with Gasteiger partial charge in [0.2, 0.25) is 5.91 Å². The molecule has 1 heterocycles. The van der Waals surface area contributed by atoms with E-state index in [2.05, 4.69) is 10.2 Å². The van der Waals surface area contributed by atoms with Gasteiger partial charge in [0.15, 0.2) is 0 Å². The normalized spacial score (nSPS) is 15.4. The third-order valence-corrected chi connectivity index (χ3v) is 5.54. The van der Waals surface area contributed by atoms with Crippen LogP contribution in [0.15, 0.2) is 48.5 Å². The highest BCUT2D eigenvalue weighted by molar-refractivity contribution is 6.33. The van der Waals surface area contributed by atoms with Crippen molar-refractivity contribution < 1.29 is 19.1 Å². The minimum atomic E-state index is -0.633. The summed E-state index contributed by atoms with van der Waals surface area (Å²) in [5, 5.41) is 3.30. The lowest BCUT2D eigenvalue weighted by molar-refractivity contribution is -0.144. The summed E-state index contributed by atoms with van der Waals surface area (Å²) in [5.41, 5.74) is 1.62. The Morgan fingerprint density at radius 3 is 2.30 bits per heavy atom. The Morgan fingerprint density at radius 1 is 1.03 bits per heavy atom. The zero-order valence-corrected chi connectivity index (χ0v) is 17.9. The highest BCUT2D eigenvalue weighted by atomic mass is 35.5. The molecule has 0 spiro atoms. The number of halogens is 1. The van der Waals surface area contributed by atoms with E-state index in [1.165, 1.54) is 7.11 Å². The summed E-state index contributed by atoms with van der Waals surface area (Å²) in [5.74, 6) is 0.116. The van der Waals surface area contributed by atoms with Gasteiger partial charge in [0, 0.05) is 31.9 Å². The number of carbonyl (C=O) groups excluding carboxylic acids is 2. The van der Waals surface area contributed by atoms with Crippen molar-refractivity contribution in [2.45, 2.75) is 12.5 Å². The molecule has 0 aromatic heterocycles. The van der Waals surface area contributed by atoms with E-state index in [4.69, 9.17) is 21.1 Å². The summed E-state index contributed by atoms with van der Waals surface area (Å²) in [6.45, 7) is 2.76. The molecular weight excluding hydrogens is 406 g/mol. The lowest BCUT2D eigenvalue weighted by Gasteiger charge is -2.39. The molecule has 2 aromatic carbocycles. The number of esters is 1. The van der Waals surface area contributed by atoms with Gasteiger partial charge in [0.1, 0.15) is 11.8 Å². The highest BCUT2D eigenvalue weighted by Crippen LogP contribution is 2.24. The molecule has 30 heavy (non-hydrogen) atoms. The van der Waals surface area contributed by atoms with Crippen LogP contribution in [0.4, 0.5) is 11.4 Å². The van der Waals surface area contributed by atoms with Gasteiger partial charge in [-0.05, 0) is 36.4 Å². The third kappa shape index (κ3) is 5.43. The lowest BCUT2D eigenvalue weighted by atomic mass is 10.1. The molecule has 8 heteroatoms. The monoisotopic (exact) mass is 431 g/mol. The molecule has 1 atom stereocenters. The Bertz CT molecular complexity index is 867. The summed E-state index contributed by atoms with van der Waals surface area (Å²) in [7, 11) is 2.97. The van der Waals surface area contributed by atoms with Crippen molar-refractivity contribution in [2.24, 2.45) is 0 Å². The number of piperazine rings is 1. The first-order chi connectivity index (χ1) is 14.5. The second-order valence-electron chi connectivity index (χ2n) is 6.99. The zero-order valence-electron chi connectivity index (χ0n) is 17.1. The number of amides is 1. The number of para-hydroxylation sites is 1. The summed E-state index contributed by atoms with van der Waals surface area (Å²) < 4.78 is 10.0. The molecule has 1 aliphatic rings. The minimum absolute atomic E-state index is 0.0185. The van der Waals surface area contributed by atoms with E-state index in [9.17, 15) is 9.59 Å². The predicted octanol–water partition coefficient (Wildman–Crippen LogP) is 3.04. The Labute approximate surface area is 181 Å². The van der Waals surface area contributed by atoms with Crippen LogP contribution in [-0.2, 0) is 14.3 Å². The molecular formula is C22H26ClN3O4. The number of hydrogen-bond acceptors (Lipinski definition) is 6. The van der Waals surface area contributed by atoms with E-state index in [-0.39, 0.29) is 12.3 Å². The number of rotatable bonds is 7. The van der Waals surface area contributed by atoms with Crippen molar-refractivity contribution >= 4 is 34.9 Å². The first-order valence-electron chi connectivity index (χ1n) is 9.77. The number of ether oxygens (including phenoxy) is 2. The predicted molar refractivity (Wildman–Crippen MR) is 117 cm³/mol. The van der Waals surface area contributed by atoms with E-state index in [0.29, 0.717) is 23.8 Å². The fourth-order valence-corrected chi connectivity index (χ4v) is 3.68. The van der Waals surface area contributed by atoms with Gasteiger partial charge >= 0.3 is 5.97 Å². The number of carbonyl (C=O) groups is 2. The molecule has 2 aromatic rings. The molecule has 1 fully saturated rings. The van der Waals surface area contributed by atoms with E-state index >= 15 is 0 Å². The van der Waals surface area contributed by atoms with Gasteiger partial charge in [0.05, 0.1) is 31.4 Å². The first-order valence-corrected chi connectivity index (χ1v) is 10.1. The molecule has 0 aliphatic carbocycles. The highest BCUT2D eigenvalue weighted by Gasteiger charge is 2.31. The van der Waals surface area contributed by atoms with Crippen LogP contribution in [0.25, 0.3) is 0 Å². The largest absolute Gasteiger partial charge is 0.497 e. The minimum Gasteiger partial charge on any atom is -0.497 e. The fraction of sp³-hybridized carbons (Fsp3) is 0.364. The maximum atomic E-state index is 13.0. The Hall–Kier alpha value is -2.77. The third-order valence-electron chi connectivity index (χ3n) is 5.21. The van der Waals surface area contributed by atoms with Crippen LogP contribution in [0.1, 0.15) is 6.42 Å². The van der Waals surface area contributed by atoms with Crippen LogP contribution >= 0.6 is 11.6 Å². The Balaban J connectivity index is 1.67. The lowest BCUT2D eigenvalue weighted by Crippen LogP contribution is -2.54. The molecule has 160 valence electrons. The molecule has 0 bridgehead atoms. The number of nitrogens with zero attached hydrogens (tertiary/aromatic N) is 2. The van der Waals surface area contributed by atoms with Crippen molar-refractivity contribution in [1.29, 1.82) is 0 Å². The quantitative estimate of drug-likeness (QED) is 0.679. The number of benzene rings is 2. The van der Waals surface area contributed by atoms with E-state index in [1.54, 1.807) is 31.4 Å². The van der Waals surface area contributed by atoms with Crippen LogP contribution in [0.3, 0.4) is 0 Å². The van der Waals surface area contributed by atoms with E-state index < -0.39 is 12.0 Å². The standard InChI is InChI=1S/C22H26ClN3O4/c1-29-17-9-7-16(8-10-17)25-11-13-26(14-12-25)20(15-21(27)30-2)22(28)24-19-6-4-3-5-18(19)23/h3-10,20H,11-15H2,1-2H3,(H,24,28)/t20-/m0/s1. The molecule has 1 saturated heterocycles. The van der Waals surface area contributed by atoms with Gasteiger partial charge in [0.25, 0.3) is 0 Å². The maximum Gasteiger partial charge on any atom is 0.307 e. The average Bonchev–Trinajstić information content (AvgIpc) is 2.79. The molecule has 1 N–H and O–H groups in total. The van der Waals surface area contributed by atoms with Crippen molar-refractivity contribution in [3.63, 3.8) is 0 Å². The summed E-state index contributed by atoms with van der Waals surface area (Å²) >= 11 is 6.16. The van der Waals surface area contributed by atoms with Crippen LogP contribution in [0, 0.1) is 0 Å². The number of anilines is 2. The Kier molecular flexibility index (Phi) is 7.54. The van der Waals surface area contributed by atoms with Crippen LogP contribution < -0.4 is 15.0 Å². The van der Waals surface area contributed by atoms with Gasteiger partial charge in [-0.15, -0.1) is 0 Å². The number of methoxy groups -OCH3 is 2. The topological polar surface area (TPSA) is 71.1 Å². The van der Waals surface area contributed by atoms with Gasteiger partial charge in [-0.1, -0.05) is 23.7 Å². The molecule has 0 unspecified atom stereocenters. The summed E-state index contributed by atoms with van der Waals surface area (Å²) in [6, 6.07) is 14.3. The van der Waals surface area contributed by atoms with Gasteiger partial charge < -0.3 is 19.7 Å².